The van der Waals surface area contributed by atoms with Crippen LogP contribution in [0.4, 0.5) is 10.5 Å². The SMILES string of the molecule is Cl.O=C(Nc1cccc(C(=O)NCCCN2CCNCC2)c1)NC1CC1. The molecule has 0 spiro atoms. The van der Waals surface area contributed by atoms with Gasteiger partial charge in [-0.1, -0.05) is 6.07 Å². The van der Waals surface area contributed by atoms with Crippen LogP contribution in [0, 0.1) is 0 Å². The zero-order valence-corrected chi connectivity index (χ0v) is 15.7. The first-order chi connectivity index (χ1) is 12.2. The predicted molar refractivity (Wildman–Crippen MR) is 105 cm³/mol. The molecule has 3 amide bonds. The third-order valence-corrected chi connectivity index (χ3v) is 4.44. The maximum Gasteiger partial charge on any atom is 0.319 e. The molecule has 7 nitrogen and oxygen atoms in total. The summed E-state index contributed by atoms with van der Waals surface area (Å²) in [5.41, 5.74) is 1.19. The molecule has 1 aliphatic heterocycles. The third kappa shape index (κ3) is 6.82. The maximum atomic E-state index is 12.3. The van der Waals surface area contributed by atoms with Crippen molar-refractivity contribution >= 4 is 30.0 Å². The van der Waals surface area contributed by atoms with E-state index in [-0.39, 0.29) is 24.3 Å². The van der Waals surface area contributed by atoms with Gasteiger partial charge in [0.05, 0.1) is 0 Å². The molecule has 26 heavy (non-hydrogen) atoms. The third-order valence-electron chi connectivity index (χ3n) is 4.44. The number of rotatable bonds is 7. The van der Waals surface area contributed by atoms with Gasteiger partial charge in [0.25, 0.3) is 5.91 Å². The largest absolute Gasteiger partial charge is 0.352 e. The van der Waals surface area contributed by atoms with Crippen molar-refractivity contribution in [3.8, 4) is 0 Å². The van der Waals surface area contributed by atoms with Crippen LogP contribution in [0.2, 0.25) is 0 Å². The normalized spacial score (nSPS) is 17.1. The van der Waals surface area contributed by atoms with Gasteiger partial charge in [0.2, 0.25) is 0 Å². The number of hydrogen-bond acceptors (Lipinski definition) is 4. The monoisotopic (exact) mass is 381 g/mol. The molecule has 2 aliphatic rings. The zero-order chi connectivity index (χ0) is 17.5. The summed E-state index contributed by atoms with van der Waals surface area (Å²) in [5, 5.41) is 11.9. The number of carbonyl (C=O) groups excluding carboxylic acids is 2. The van der Waals surface area contributed by atoms with Gasteiger partial charge >= 0.3 is 6.03 Å². The lowest BCUT2D eigenvalue weighted by molar-refractivity contribution is 0.0951. The maximum absolute atomic E-state index is 12.3. The van der Waals surface area contributed by atoms with Gasteiger partial charge in [-0.05, 0) is 44.0 Å². The lowest BCUT2D eigenvalue weighted by Gasteiger charge is -2.27. The molecule has 0 aromatic heterocycles. The van der Waals surface area contributed by atoms with Crippen LogP contribution in [0.15, 0.2) is 24.3 Å². The summed E-state index contributed by atoms with van der Waals surface area (Å²) in [6.07, 6.45) is 3.03. The molecule has 3 rings (SSSR count). The summed E-state index contributed by atoms with van der Waals surface area (Å²) in [5.74, 6) is -0.105. The molecular weight excluding hydrogens is 354 g/mol. The van der Waals surface area contributed by atoms with Gasteiger partial charge in [0, 0.05) is 50.0 Å². The van der Waals surface area contributed by atoms with Crippen LogP contribution in [0.1, 0.15) is 29.6 Å². The number of nitrogens with one attached hydrogen (secondary N) is 4. The van der Waals surface area contributed by atoms with Crippen LogP contribution in [0.25, 0.3) is 0 Å². The fourth-order valence-electron chi connectivity index (χ4n) is 2.86. The van der Waals surface area contributed by atoms with E-state index in [1.54, 1.807) is 24.3 Å². The van der Waals surface area contributed by atoms with Gasteiger partial charge in [-0.3, -0.25) is 4.79 Å². The van der Waals surface area contributed by atoms with Gasteiger partial charge in [0.1, 0.15) is 0 Å². The molecule has 1 heterocycles. The number of hydrogen-bond donors (Lipinski definition) is 4. The van der Waals surface area contributed by atoms with Gasteiger partial charge in [-0.25, -0.2) is 4.79 Å². The van der Waals surface area contributed by atoms with Crippen molar-refractivity contribution in [1.29, 1.82) is 0 Å². The van der Waals surface area contributed by atoms with E-state index in [9.17, 15) is 9.59 Å². The van der Waals surface area contributed by atoms with Crippen molar-refractivity contribution in [2.24, 2.45) is 0 Å². The Bertz CT molecular complexity index is 603. The molecule has 144 valence electrons. The molecule has 1 aromatic carbocycles. The number of anilines is 1. The summed E-state index contributed by atoms with van der Waals surface area (Å²) >= 11 is 0. The topological polar surface area (TPSA) is 85.5 Å². The molecule has 8 heteroatoms. The summed E-state index contributed by atoms with van der Waals surface area (Å²) in [7, 11) is 0. The molecule has 2 fully saturated rings. The molecule has 1 aliphatic carbocycles. The number of urea groups is 1. The standard InChI is InChI=1S/C18H27N5O2.ClH/c24-17(20-7-2-10-23-11-8-19-9-12-23)14-3-1-4-16(13-14)22-18(25)21-15-5-6-15;/h1,3-4,13,15,19H,2,5-12H2,(H,20,24)(H2,21,22,25);1H. The van der Waals surface area contributed by atoms with Crippen LogP contribution >= 0.6 is 12.4 Å². The molecule has 0 radical (unpaired) electrons. The molecule has 1 saturated carbocycles. The average Bonchev–Trinajstić information content (AvgIpc) is 3.43. The Morgan fingerprint density at radius 3 is 2.69 bits per heavy atom. The first kappa shape index (κ1) is 20.5. The van der Waals surface area contributed by atoms with Crippen LogP contribution < -0.4 is 21.3 Å². The van der Waals surface area contributed by atoms with E-state index in [1.165, 1.54) is 0 Å². The summed E-state index contributed by atoms with van der Waals surface area (Å²) in [6, 6.07) is 7.13. The highest BCUT2D eigenvalue weighted by Crippen LogP contribution is 2.19. The fourth-order valence-corrected chi connectivity index (χ4v) is 2.86. The van der Waals surface area contributed by atoms with Crippen LogP contribution in [-0.4, -0.2) is 62.1 Å². The van der Waals surface area contributed by atoms with Crippen LogP contribution in [-0.2, 0) is 0 Å². The molecule has 0 unspecified atom stereocenters. The number of piperazine rings is 1. The van der Waals surface area contributed by atoms with Crippen molar-refractivity contribution in [2.45, 2.75) is 25.3 Å². The van der Waals surface area contributed by atoms with E-state index in [0.29, 0.717) is 23.8 Å². The minimum atomic E-state index is -0.212. The highest BCUT2D eigenvalue weighted by atomic mass is 35.5. The summed E-state index contributed by atoms with van der Waals surface area (Å²) < 4.78 is 0. The Morgan fingerprint density at radius 2 is 1.96 bits per heavy atom. The van der Waals surface area contributed by atoms with E-state index < -0.39 is 0 Å². The van der Waals surface area contributed by atoms with Gasteiger partial charge in [-0.2, -0.15) is 0 Å². The summed E-state index contributed by atoms with van der Waals surface area (Å²) in [6.45, 7) is 5.89. The van der Waals surface area contributed by atoms with Gasteiger partial charge in [-0.15, -0.1) is 12.4 Å². The van der Waals surface area contributed by atoms with Crippen molar-refractivity contribution in [1.82, 2.24) is 20.9 Å². The second kappa shape index (κ2) is 10.4. The Labute approximate surface area is 160 Å². The molecule has 0 atom stereocenters. The number of halogens is 1. The van der Waals surface area contributed by atoms with E-state index >= 15 is 0 Å². The quantitative estimate of drug-likeness (QED) is 0.538. The van der Waals surface area contributed by atoms with Crippen molar-refractivity contribution in [3.63, 3.8) is 0 Å². The van der Waals surface area contributed by atoms with Crippen molar-refractivity contribution < 1.29 is 9.59 Å². The molecule has 4 N–H and O–H groups in total. The molecule has 0 bridgehead atoms. The van der Waals surface area contributed by atoms with Gasteiger partial charge < -0.3 is 26.2 Å². The highest BCUT2D eigenvalue weighted by Gasteiger charge is 2.23. The van der Waals surface area contributed by atoms with Crippen LogP contribution in [0.3, 0.4) is 0 Å². The van der Waals surface area contributed by atoms with Crippen molar-refractivity contribution in [2.75, 3.05) is 44.6 Å². The minimum absolute atomic E-state index is 0. The fraction of sp³-hybridized carbons (Fsp3) is 0.556. The number of benzene rings is 1. The van der Waals surface area contributed by atoms with E-state index in [2.05, 4.69) is 26.2 Å². The van der Waals surface area contributed by atoms with E-state index in [0.717, 1.165) is 52.0 Å². The smallest absolute Gasteiger partial charge is 0.319 e. The lowest BCUT2D eigenvalue weighted by Crippen LogP contribution is -2.44. The summed E-state index contributed by atoms with van der Waals surface area (Å²) in [4.78, 5) is 26.4. The minimum Gasteiger partial charge on any atom is -0.352 e. The Kier molecular flexibility index (Phi) is 8.15. The molecular formula is C18H28ClN5O2. The average molecular weight is 382 g/mol. The first-order valence-electron chi connectivity index (χ1n) is 9.09. The second-order valence-electron chi connectivity index (χ2n) is 6.65. The van der Waals surface area contributed by atoms with E-state index in [1.807, 2.05) is 0 Å². The number of carbonyl (C=O) groups is 2. The molecule has 1 aromatic rings. The van der Waals surface area contributed by atoms with E-state index in [4.69, 9.17) is 0 Å². The Hall–Kier alpha value is -1.83. The molecule has 1 saturated heterocycles. The number of nitrogens with zero attached hydrogens (tertiary/aromatic N) is 1. The Balaban J connectivity index is 0.00000243. The second-order valence-corrected chi connectivity index (χ2v) is 6.65. The highest BCUT2D eigenvalue weighted by molar-refractivity contribution is 5.96. The lowest BCUT2D eigenvalue weighted by atomic mass is 10.2. The van der Waals surface area contributed by atoms with Gasteiger partial charge in [0.15, 0.2) is 0 Å². The predicted octanol–water partition coefficient (Wildman–Crippen LogP) is 1.42. The zero-order valence-electron chi connectivity index (χ0n) is 14.9. The van der Waals surface area contributed by atoms with Crippen molar-refractivity contribution in [3.05, 3.63) is 29.8 Å². The first-order valence-corrected chi connectivity index (χ1v) is 9.09. The Morgan fingerprint density at radius 1 is 1.19 bits per heavy atom. The van der Waals surface area contributed by atoms with Crippen LogP contribution in [0.5, 0.6) is 0 Å². The number of amides is 3.